The van der Waals surface area contributed by atoms with E-state index in [2.05, 4.69) is 325 Å². The van der Waals surface area contributed by atoms with E-state index in [0.29, 0.717) is 5.41 Å². The van der Waals surface area contributed by atoms with Crippen molar-refractivity contribution in [3.05, 3.63) is 0 Å². The van der Waals surface area contributed by atoms with Crippen molar-refractivity contribution in [2.24, 2.45) is 165 Å². The number of unbranched alkanes of at least 4 members (excludes halogenated alkanes) is 1. The van der Waals surface area contributed by atoms with Gasteiger partial charge in [-0.1, -0.05) is 576 Å². The smallest absolute Gasteiger partial charge is 0.0354 e. The zero-order valence-electron chi connectivity index (χ0n) is 96.3. The summed E-state index contributed by atoms with van der Waals surface area (Å²) < 4.78 is 0. The first-order valence-electron chi connectivity index (χ1n) is 56.9. The molecule has 0 aromatic carbocycles. The van der Waals surface area contributed by atoms with Gasteiger partial charge in [0.25, 0.3) is 0 Å². The summed E-state index contributed by atoms with van der Waals surface area (Å²) in [7, 11) is 0. The number of hydrogen-bond acceptors (Lipinski definition) is 0. The van der Waals surface area contributed by atoms with Gasteiger partial charge in [-0.3, -0.25) is 0 Å². The van der Waals surface area contributed by atoms with Crippen LogP contribution in [0.25, 0.3) is 0 Å². The molecule has 0 aromatic rings. The second kappa shape index (κ2) is 97.0. The van der Waals surface area contributed by atoms with Crippen LogP contribution in [-0.2, 0) is 0 Å². The first-order valence-corrected chi connectivity index (χ1v) is 56.9. The van der Waals surface area contributed by atoms with Gasteiger partial charge in [0, 0.05) is 0 Å². The average Bonchev–Trinajstić information content (AvgIpc) is 1.63. The van der Waals surface area contributed by atoms with Crippen LogP contribution in [0.5, 0.6) is 0 Å². The average molecular weight is 1730 g/mol. The van der Waals surface area contributed by atoms with Crippen molar-refractivity contribution in [1.29, 1.82) is 0 Å². The predicted octanol–water partition coefficient (Wildman–Crippen LogP) is 45.8. The lowest BCUT2D eigenvalue weighted by Crippen LogP contribution is -2.28. The molecule has 0 bridgehead atoms. The van der Waals surface area contributed by atoms with Gasteiger partial charge >= 0.3 is 0 Å². The van der Waals surface area contributed by atoms with Crippen LogP contribution in [0.1, 0.15) is 627 Å². The third kappa shape index (κ3) is 131. The fraction of sp³-hybridized carbons (Fsp3) is 1.00. The summed E-state index contributed by atoms with van der Waals surface area (Å²) in [6, 6.07) is 0. The molecule has 0 amide bonds. The van der Waals surface area contributed by atoms with Crippen molar-refractivity contribution in [2.75, 3.05) is 0 Å². The topological polar surface area (TPSA) is 0 Å². The van der Waals surface area contributed by atoms with E-state index >= 15 is 0 Å². The summed E-state index contributed by atoms with van der Waals surface area (Å²) >= 11 is 0. The van der Waals surface area contributed by atoms with Crippen LogP contribution >= 0.6 is 0 Å². The molecule has 0 saturated heterocycles. The summed E-state index contributed by atoms with van der Waals surface area (Å²) in [5.41, 5.74) is 0.570. The zero-order valence-corrected chi connectivity index (χ0v) is 96.3. The van der Waals surface area contributed by atoms with Crippen LogP contribution in [0.15, 0.2) is 0 Å². The molecule has 8 rings (SSSR count). The summed E-state index contributed by atoms with van der Waals surface area (Å²) in [6.45, 7) is 107. The number of hydrogen-bond donors (Lipinski definition) is 0. The lowest BCUT2D eigenvalue weighted by Gasteiger charge is -2.39. The summed E-state index contributed by atoms with van der Waals surface area (Å²) in [6.07, 6.45) is 67.9. The van der Waals surface area contributed by atoms with Gasteiger partial charge in [-0.25, -0.2) is 0 Å². The third-order valence-electron chi connectivity index (χ3n) is 25.1. The van der Waals surface area contributed by atoms with E-state index in [0.717, 1.165) is 160 Å². The van der Waals surface area contributed by atoms with Gasteiger partial charge < -0.3 is 0 Å². The van der Waals surface area contributed by atoms with E-state index in [9.17, 15) is 0 Å². The Morgan fingerprint density at radius 2 is 0.500 bits per heavy atom. The van der Waals surface area contributed by atoms with E-state index in [1.807, 2.05) is 0 Å². The molecule has 0 heterocycles. The van der Waals surface area contributed by atoms with Gasteiger partial charge in [0.15, 0.2) is 0 Å². The molecule has 0 spiro atoms. The van der Waals surface area contributed by atoms with Crippen molar-refractivity contribution in [3.63, 3.8) is 0 Å². The van der Waals surface area contributed by atoms with Crippen LogP contribution in [0.2, 0.25) is 0 Å². The van der Waals surface area contributed by atoms with E-state index in [1.165, 1.54) is 302 Å². The van der Waals surface area contributed by atoms with Crippen LogP contribution in [0.3, 0.4) is 0 Å². The Morgan fingerprint density at radius 3 is 0.730 bits per heavy atom. The Morgan fingerprint density at radius 1 is 0.221 bits per heavy atom. The molecule has 0 N–H and O–H groups in total. The summed E-state index contributed by atoms with van der Waals surface area (Å²) in [5, 5.41) is 0. The Hall–Kier alpha value is 0. The van der Waals surface area contributed by atoms with Crippen molar-refractivity contribution in [2.45, 2.75) is 627 Å². The molecule has 0 aromatic heterocycles. The van der Waals surface area contributed by atoms with Crippen molar-refractivity contribution >= 4 is 0 Å². The third-order valence-corrected chi connectivity index (χ3v) is 25.1. The van der Waals surface area contributed by atoms with Crippen LogP contribution in [0.4, 0.5) is 0 Å². The highest BCUT2D eigenvalue weighted by atomic mass is 14.4. The lowest BCUT2D eigenvalue weighted by atomic mass is 9.67. The molecule has 8 fully saturated rings. The maximum absolute atomic E-state index is 2.38. The minimum atomic E-state index is 0.570. The lowest BCUT2D eigenvalue weighted by molar-refractivity contribution is 0.122. The van der Waals surface area contributed by atoms with E-state index < -0.39 is 0 Å². The first kappa shape index (κ1) is 140. The van der Waals surface area contributed by atoms with Crippen LogP contribution < -0.4 is 0 Å². The molecule has 0 nitrogen and oxygen atoms in total. The van der Waals surface area contributed by atoms with E-state index in [4.69, 9.17) is 0 Å². The molecule has 4 unspecified atom stereocenters. The monoisotopic (exact) mass is 1730 g/mol. The van der Waals surface area contributed by atoms with Gasteiger partial charge in [-0.15, -0.1) is 0 Å². The highest BCUT2D eigenvalue weighted by Crippen LogP contribution is 2.48. The van der Waals surface area contributed by atoms with E-state index in [-0.39, 0.29) is 0 Å². The molecule has 8 aliphatic carbocycles. The molecule has 122 heavy (non-hydrogen) atoms. The molecule has 4 atom stereocenters. The quantitative estimate of drug-likeness (QED) is 0.0549. The Labute approximate surface area is 787 Å². The Kier molecular flexibility index (Phi) is 111. The fourth-order valence-electron chi connectivity index (χ4n) is 15.0. The number of rotatable bonds is 36. The molecule has 0 aliphatic heterocycles. The SMILES string of the molecule is CC(C)(C)C1CCCCC1.CC(C)C(C)CC1CC1.CC(C)CC1CC(C(C)C)C1.CC(C)CC1CC1C(C)C.CC(C)CCC1CC1.CC(C)CCC1CC1.CC(C)CCC1CCC1.CC(C)CCCC(C)C.CC(C)CCCC(C)C(C)C.CC(C)CCCC1CC1.CC(C)CCCCC(C)C.CCC.CCC.CCC.CCC.CCC.CCC. The second-order valence-electron chi connectivity index (χ2n) is 49.1. The maximum Gasteiger partial charge on any atom is -0.0354 e. The van der Waals surface area contributed by atoms with Gasteiger partial charge in [-0.05, 0) is 217 Å². The van der Waals surface area contributed by atoms with Crippen molar-refractivity contribution in [3.8, 4) is 0 Å². The molecule has 750 valence electrons. The molecular weight excluding hydrogens is 1470 g/mol. The first-order chi connectivity index (χ1) is 56.9. The normalized spacial score (nSPS) is 18.4. The Bertz CT molecular complexity index is 1740. The fourth-order valence-corrected chi connectivity index (χ4v) is 15.0. The second-order valence-corrected chi connectivity index (χ2v) is 49.1. The molecule has 8 aliphatic rings. The van der Waals surface area contributed by atoms with Gasteiger partial charge in [0.05, 0.1) is 0 Å². The molecule has 0 heteroatoms. The zero-order chi connectivity index (χ0) is 96.3. The highest BCUT2D eigenvalue weighted by Gasteiger charge is 2.39. The van der Waals surface area contributed by atoms with Crippen molar-refractivity contribution in [1.82, 2.24) is 0 Å². The summed E-state index contributed by atoms with van der Waals surface area (Å²) in [4.78, 5) is 0. The maximum atomic E-state index is 2.38. The highest BCUT2D eigenvalue weighted by molar-refractivity contribution is 4.89. The van der Waals surface area contributed by atoms with Gasteiger partial charge in [0.1, 0.15) is 0 Å². The molecule has 0 radical (unpaired) electrons. The van der Waals surface area contributed by atoms with Crippen molar-refractivity contribution < 1.29 is 0 Å². The van der Waals surface area contributed by atoms with Crippen LogP contribution in [0, 0.1) is 165 Å². The predicted molar refractivity (Wildman–Crippen MR) is 580 cm³/mol. The molecule has 8 saturated carbocycles. The molecular formula is C122H262. The van der Waals surface area contributed by atoms with Gasteiger partial charge in [-0.2, -0.15) is 0 Å². The summed E-state index contributed by atoms with van der Waals surface area (Å²) in [5.74, 6) is 26.4. The van der Waals surface area contributed by atoms with Crippen LogP contribution in [-0.4, -0.2) is 0 Å². The van der Waals surface area contributed by atoms with E-state index in [1.54, 1.807) is 0 Å². The standard InChI is InChI=1S/C11H22.C11H24.2C10H20.C10H22.3C9H18.C9H20.2C8H16.6C3H8/c1-8(2)5-10-6-11(7-10)9(3)4;1-9(2)7-6-8-11(5)10(3)4;1-7(2)5-9-6-10(9)8(3)4;1-10(2,3)9-7-5-4-6-8-9;1-9(2)7-5-6-8-10(3)4;1-7(2)8(3)6-9-4-5-9;1-8(2)6-7-9-4-3-5-9;1-8(2)4-3-5-9-6-7-9;1-8(2)6-5-7-9(3)4;2*1-7(2)3-4-8-5-6-8;6*1-3-2/h8-11H,5-7H2,1-4H3;9-11H,6-8H2,1-5H3;7-10H,5-6H2,1-4H3;9H,4-8H2,1-3H3;9-10H,5-8H2,1-4H3;7-9H,4-6H2,1-3H3;2*8-9H,3-7H2,1-2H3;8-9H,5-7H2,1-4H3;2*7-8H,3-6H2,1-2H3;6*3H2,1-2H3. The van der Waals surface area contributed by atoms with Gasteiger partial charge in [0.2, 0.25) is 0 Å². The minimum Gasteiger partial charge on any atom is -0.0656 e. The Balaban J connectivity index is -0.000000161. The minimum absolute atomic E-state index is 0.570. The largest absolute Gasteiger partial charge is 0.0656 e.